The van der Waals surface area contributed by atoms with Crippen molar-refractivity contribution in [2.45, 2.75) is 13.1 Å². The number of hydrogen-bond acceptors (Lipinski definition) is 3. The summed E-state index contributed by atoms with van der Waals surface area (Å²) in [5.41, 5.74) is 6.02. The number of hydrogen-bond donors (Lipinski definition) is 1. The average molecular weight is 337 g/mol. The molecule has 0 bridgehead atoms. The molecule has 2 N–H and O–H groups in total. The molecule has 0 saturated heterocycles. The molecule has 1 heterocycles. The van der Waals surface area contributed by atoms with Crippen molar-refractivity contribution in [3.63, 3.8) is 0 Å². The maximum atomic E-state index is 12.5. The number of nitrogens with zero attached hydrogens (tertiary/aromatic N) is 1. The van der Waals surface area contributed by atoms with Gasteiger partial charge in [0.25, 0.3) is 5.91 Å². The molecule has 0 radical (unpaired) electrons. The molecule has 0 unspecified atom stereocenters. The SMILES string of the molecule is CCN(CC(F)(F)F)C(=O)c1sc2cccc(Cl)c2c1N. The Hall–Kier alpha value is -1.47. The number of benzene rings is 1. The lowest BCUT2D eigenvalue weighted by molar-refractivity contribution is -0.140. The van der Waals surface area contributed by atoms with Crippen LogP contribution in [0.5, 0.6) is 0 Å². The lowest BCUT2D eigenvalue weighted by Crippen LogP contribution is -2.38. The van der Waals surface area contributed by atoms with Crippen LogP contribution in [0.2, 0.25) is 5.02 Å². The molecule has 114 valence electrons. The first kappa shape index (κ1) is 15.9. The van der Waals surface area contributed by atoms with Crippen molar-refractivity contribution in [3.05, 3.63) is 28.1 Å². The Balaban J connectivity index is 2.43. The van der Waals surface area contributed by atoms with Gasteiger partial charge in [-0.25, -0.2) is 0 Å². The summed E-state index contributed by atoms with van der Waals surface area (Å²) < 4.78 is 38.2. The van der Waals surface area contributed by atoms with Crippen molar-refractivity contribution < 1.29 is 18.0 Å². The van der Waals surface area contributed by atoms with Crippen LogP contribution in [0.25, 0.3) is 10.1 Å². The normalized spacial score (nSPS) is 11.9. The molecule has 1 amide bonds. The Kier molecular flexibility index (Phi) is 4.34. The van der Waals surface area contributed by atoms with E-state index in [4.69, 9.17) is 17.3 Å². The number of nitrogens with two attached hydrogens (primary N) is 1. The second kappa shape index (κ2) is 5.73. The summed E-state index contributed by atoms with van der Waals surface area (Å²) in [7, 11) is 0. The van der Waals surface area contributed by atoms with E-state index in [9.17, 15) is 18.0 Å². The van der Waals surface area contributed by atoms with Crippen molar-refractivity contribution in [2.24, 2.45) is 0 Å². The van der Waals surface area contributed by atoms with E-state index in [2.05, 4.69) is 0 Å². The summed E-state index contributed by atoms with van der Waals surface area (Å²) in [6.07, 6.45) is -4.45. The van der Waals surface area contributed by atoms with E-state index >= 15 is 0 Å². The van der Waals surface area contributed by atoms with Gasteiger partial charge in [-0.2, -0.15) is 13.2 Å². The van der Waals surface area contributed by atoms with E-state index < -0.39 is 18.6 Å². The molecule has 3 nitrogen and oxygen atoms in total. The van der Waals surface area contributed by atoms with Crippen LogP contribution in [0, 0.1) is 0 Å². The molecule has 1 aromatic carbocycles. The summed E-state index contributed by atoms with van der Waals surface area (Å²) in [6, 6.07) is 5.04. The van der Waals surface area contributed by atoms with Gasteiger partial charge in [0.05, 0.1) is 10.7 Å². The third-order valence-corrected chi connectivity index (χ3v) is 4.41. The molecule has 0 aliphatic rings. The second-order valence-electron chi connectivity index (χ2n) is 4.39. The second-order valence-corrected chi connectivity index (χ2v) is 5.85. The molecule has 21 heavy (non-hydrogen) atoms. The Morgan fingerprint density at radius 2 is 2.10 bits per heavy atom. The van der Waals surface area contributed by atoms with Crippen molar-refractivity contribution in [3.8, 4) is 0 Å². The smallest absolute Gasteiger partial charge is 0.397 e. The molecule has 1 aromatic heterocycles. The van der Waals surface area contributed by atoms with Gasteiger partial charge in [0.15, 0.2) is 0 Å². The Labute approximate surface area is 128 Å². The Morgan fingerprint density at radius 3 is 2.62 bits per heavy atom. The van der Waals surface area contributed by atoms with Gasteiger partial charge in [0.2, 0.25) is 0 Å². The zero-order chi connectivity index (χ0) is 15.8. The predicted molar refractivity (Wildman–Crippen MR) is 78.9 cm³/mol. The van der Waals surface area contributed by atoms with Gasteiger partial charge in [-0.05, 0) is 19.1 Å². The third-order valence-electron chi connectivity index (χ3n) is 2.93. The quantitative estimate of drug-likeness (QED) is 0.914. The first-order valence-corrected chi connectivity index (χ1v) is 7.26. The zero-order valence-electron chi connectivity index (χ0n) is 11.0. The minimum Gasteiger partial charge on any atom is -0.397 e. The number of rotatable bonds is 3. The maximum Gasteiger partial charge on any atom is 0.406 e. The van der Waals surface area contributed by atoms with E-state index in [1.807, 2.05) is 0 Å². The van der Waals surface area contributed by atoms with E-state index in [0.717, 1.165) is 16.2 Å². The van der Waals surface area contributed by atoms with Gasteiger partial charge >= 0.3 is 6.18 Å². The van der Waals surface area contributed by atoms with Crippen LogP contribution in [0.4, 0.5) is 18.9 Å². The highest BCUT2D eigenvalue weighted by molar-refractivity contribution is 7.21. The van der Waals surface area contributed by atoms with Gasteiger partial charge < -0.3 is 10.6 Å². The molecule has 0 spiro atoms. The Bertz CT molecular complexity index is 684. The topological polar surface area (TPSA) is 46.3 Å². The molecule has 0 aliphatic heterocycles. The minimum atomic E-state index is -4.45. The minimum absolute atomic E-state index is 0.0558. The summed E-state index contributed by atoms with van der Waals surface area (Å²) >= 11 is 7.07. The number of amides is 1. The number of alkyl halides is 3. The molecule has 0 atom stereocenters. The number of thiophene rings is 1. The lowest BCUT2D eigenvalue weighted by Gasteiger charge is -2.21. The fraction of sp³-hybridized carbons (Fsp3) is 0.308. The van der Waals surface area contributed by atoms with Crippen LogP contribution < -0.4 is 5.73 Å². The van der Waals surface area contributed by atoms with E-state index in [0.29, 0.717) is 15.1 Å². The van der Waals surface area contributed by atoms with Crippen LogP contribution >= 0.6 is 22.9 Å². The highest BCUT2D eigenvalue weighted by atomic mass is 35.5. The fourth-order valence-corrected chi connectivity index (χ4v) is 3.42. The first-order chi connectivity index (χ1) is 9.74. The van der Waals surface area contributed by atoms with Crippen molar-refractivity contribution in [1.82, 2.24) is 4.90 Å². The molecule has 2 aromatic rings. The van der Waals surface area contributed by atoms with Crippen molar-refractivity contribution >= 4 is 44.6 Å². The molecule has 0 saturated carbocycles. The van der Waals surface area contributed by atoms with Gasteiger partial charge in [0.1, 0.15) is 11.4 Å². The fourth-order valence-electron chi connectivity index (χ4n) is 1.98. The molecule has 2 rings (SSSR count). The third kappa shape index (κ3) is 3.24. The molecule has 8 heteroatoms. The molecular weight excluding hydrogens is 325 g/mol. The van der Waals surface area contributed by atoms with Crippen LogP contribution in [0.1, 0.15) is 16.6 Å². The number of carbonyl (C=O) groups is 1. The number of fused-ring (bicyclic) bond motifs is 1. The summed E-state index contributed by atoms with van der Waals surface area (Å²) in [5.74, 6) is -0.732. The largest absolute Gasteiger partial charge is 0.406 e. The van der Waals surface area contributed by atoms with Crippen molar-refractivity contribution in [1.29, 1.82) is 0 Å². The van der Waals surface area contributed by atoms with E-state index in [1.54, 1.807) is 18.2 Å². The van der Waals surface area contributed by atoms with Crippen molar-refractivity contribution in [2.75, 3.05) is 18.8 Å². The summed E-state index contributed by atoms with van der Waals surface area (Å²) in [6.45, 7) is 0.129. The zero-order valence-corrected chi connectivity index (χ0v) is 12.6. The maximum absolute atomic E-state index is 12.5. The van der Waals surface area contributed by atoms with E-state index in [-0.39, 0.29) is 17.1 Å². The average Bonchev–Trinajstić information content (AvgIpc) is 2.73. The molecular formula is C13H12ClF3N2OS. The summed E-state index contributed by atoms with van der Waals surface area (Å²) in [4.78, 5) is 13.1. The highest BCUT2D eigenvalue weighted by Crippen LogP contribution is 2.38. The van der Waals surface area contributed by atoms with Gasteiger partial charge in [0, 0.05) is 16.6 Å². The summed E-state index contributed by atoms with van der Waals surface area (Å²) in [5, 5.41) is 0.884. The van der Waals surface area contributed by atoms with Gasteiger partial charge in [-0.3, -0.25) is 4.79 Å². The molecule has 0 fully saturated rings. The van der Waals surface area contributed by atoms with Crippen LogP contribution in [0.15, 0.2) is 18.2 Å². The molecule has 0 aliphatic carbocycles. The lowest BCUT2D eigenvalue weighted by atomic mass is 10.2. The number of carbonyl (C=O) groups excluding carboxylic acids is 1. The van der Waals surface area contributed by atoms with Crippen LogP contribution in [-0.2, 0) is 0 Å². The predicted octanol–water partition coefficient (Wildman–Crippen LogP) is 4.16. The number of anilines is 1. The number of halogens is 4. The van der Waals surface area contributed by atoms with Gasteiger partial charge in [-0.1, -0.05) is 17.7 Å². The van der Waals surface area contributed by atoms with Gasteiger partial charge in [-0.15, -0.1) is 11.3 Å². The Morgan fingerprint density at radius 1 is 1.43 bits per heavy atom. The highest BCUT2D eigenvalue weighted by Gasteiger charge is 2.34. The monoisotopic (exact) mass is 336 g/mol. The standard InChI is InChI=1S/C13H12ClF3N2OS/c1-2-19(6-13(15,16)17)12(20)11-10(18)9-7(14)4-3-5-8(9)21-11/h3-5H,2,6,18H2,1H3. The van der Waals surface area contributed by atoms with Crippen LogP contribution in [-0.4, -0.2) is 30.1 Å². The van der Waals surface area contributed by atoms with E-state index in [1.165, 1.54) is 6.92 Å². The van der Waals surface area contributed by atoms with Crippen LogP contribution in [0.3, 0.4) is 0 Å². The first-order valence-electron chi connectivity index (χ1n) is 6.07. The number of nitrogen functional groups attached to an aromatic ring is 1.